The molecule has 0 N–H and O–H groups in total. The minimum absolute atomic E-state index is 1.03. The second-order valence-corrected chi connectivity index (χ2v) is 9.60. The molecule has 4 heterocycles. The molecule has 0 atom stereocenters. The lowest BCUT2D eigenvalue weighted by Gasteiger charge is -2.11. The number of benzene rings is 4. The molecule has 38 heavy (non-hydrogen) atoms. The normalized spacial score (nSPS) is 11.7. The minimum Gasteiger partial charge on any atom is -0.308 e. The van der Waals surface area contributed by atoms with Crippen LogP contribution in [0.3, 0.4) is 0 Å². The lowest BCUT2D eigenvalue weighted by Crippen LogP contribution is -1.97. The fourth-order valence-electron chi connectivity index (χ4n) is 5.82. The van der Waals surface area contributed by atoms with Crippen LogP contribution in [0.5, 0.6) is 0 Å². The Labute approximate surface area is 219 Å². The van der Waals surface area contributed by atoms with Crippen molar-refractivity contribution in [2.45, 2.75) is 0 Å². The first-order valence-corrected chi connectivity index (χ1v) is 12.7. The maximum absolute atomic E-state index is 4.67. The van der Waals surface area contributed by atoms with E-state index in [1.54, 1.807) is 0 Å². The van der Waals surface area contributed by atoms with Crippen LogP contribution < -0.4 is 0 Å². The topological polar surface area (TPSA) is 35.6 Å². The molecule has 4 aromatic heterocycles. The predicted octanol–water partition coefficient (Wildman–Crippen LogP) is 8.34. The summed E-state index contributed by atoms with van der Waals surface area (Å²) in [5, 5.41) is 4.96. The standard InChI is InChI=1S/C34H22N4/c1-5-13-31-27(9-1)28-10-2-6-14-32(28)37(31)25-17-23(19-35-21-25)24-18-26(22-36-20-24)38-33-15-7-3-11-29(33)30-12-4-8-16-34(30)38/h1-22H. The maximum atomic E-state index is 4.67. The monoisotopic (exact) mass is 486 g/mol. The van der Waals surface area contributed by atoms with Crippen molar-refractivity contribution < 1.29 is 0 Å². The number of hydrogen-bond acceptors (Lipinski definition) is 2. The Morgan fingerprint density at radius 1 is 0.368 bits per heavy atom. The third-order valence-electron chi connectivity index (χ3n) is 7.46. The number of hydrogen-bond donors (Lipinski definition) is 0. The summed E-state index contributed by atoms with van der Waals surface area (Å²) in [4.78, 5) is 9.33. The molecule has 4 heteroatoms. The quantitative estimate of drug-likeness (QED) is 0.252. The Morgan fingerprint density at radius 3 is 1.03 bits per heavy atom. The molecule has 0 aliphatic heterocycles. The van der Waals surface area contributed by atoms with Crippen molar-refractivity contribution in [3.05, 3.63) is 134 Å². The Morgan fingerprint density at radius 2 is 0.684 bits per heavy atom. The van der Waals surface area contributed by atoms with E-state index in [1.165, 1.54) is 43.6 Å². The van der Waals surface area contributed by atoms with E-state index in [1.807, 2.05) is 24.8 Å². The Kier molecular flexibility index (Phi) is 4.49. The van der Waals surface area contributed by atoms with Crippen LogP contribution in [0.15, 0.2) is 134 Å². The molecule has 0 saturated carbocycles. The average Bonchev–Trinajstić information content (AvgIpc) is 3.51. The molecule has 178 valence electrons. The molecule has 0 unspecified atom stereocenters. The summed E-state index contributed by atoms with van der Waals surface area (Å²) in [5.74, 6) is 0. The van der Waals surface area contributed by atoms with Gasteiger partial charge in [-0.2, -0.15) is 0 Å². The Hall–Kier alpha value is -5.22. The van der Waals surface area contributed by atoms with Crippen LogP contribution in [0.1, 0.15) is 0 Å². The molecule has 0 aliphatic rings. The van der Waals surface area contributed by atoms with Gasteiger partial charge in [-0.3, -0.25) is 9.97 Å². The Balaban J connectivity index is 1.32. The zero-order valence-corrected chi connectivity index (χ0v) is 20.5. The van der Waals surface area contributed by atoms with Gasteiger partial charge in [-0.25, -0.2) is 0 Å². The summed E-state index contributed by atoms with van der Waals surface area (Å²) in [7, 11) is 0. The summed E-state index contributed by atoms with van der Waals surface area (Å²) >= 11 is 0. The highest BCUT2D eigenvalue weighted by molar-refractivity contribution is 6.10. The van der Waals surface area contributed by atoms with E-state index in [2.05, 4.69) is 128 Å². The summed E-state index contributed by atoms with van der Waals surface area (Å²) < 4.78 is 4.59. The highest BCUT2D eigenvalue weighted by atomic mass is 15.0. The second kappa shape index (κ2) is 8.15. The summed E-state index contributed by atoms with van der Waals surface area (Å²) in [6.07, 6.45) is 7.72. The molecule has 0 radical (unpaired) electrons. The molecule has 0 spiro atoms. The molecule has 4 aromatic carbocycles. The third kappa shape index (κ3) is 3.04. The zero-order valence-electron chi connectivity index (χ0n) is 20.5. The van der Waals surface area contributed by atoms with Gasteiger partial charge in [0.15, 0.2) is 0 Å². The van der Waals surface area contributed by atoms with Gasteiger partial charge in [-0.1, -0.05) is 72.8 Å². The van der Waals surface area contributed by atoms with E-state index in [9.17, 15) is 0 Å². The predicted molar refractivity (Wildman–Crippen MR) is 156 cm³/mol. The molecule has 8 rings (SSSR count). The van der Waals surface area contributed by atoms with E-state index < -0.39 is 0 Å². The van der Waals surface area contributed by atoms with Crippen molar-refractivity contribution in [1.82, 2.24) is 19.1 Å². The van der Waals surface area contributed by atoms with Gasteiger partial charge < -0.3 is 9.13 Å². The number of pyridine rings is 2. The van der Waals surface area contributed by atoms with Gasteiger partial charge in [0.25, 0.3) is 0 Å². The van der Waals surface area contributed by atoms with E-state index in [0.29, 0.717) is 0 Å². The highest BCUT2D eigenvalue weighted by Gasteiger charge is 2.14. The lowest BCUT2D eigenvalue weighted by molar-refractivity contribution is 1.13. The number of para-hydroxylation sites is 4. The van der Waals surface area contributed by atoms with Crippen molar-refractivity contribution in [3.8, 4) is 22.5 Å². The summed E-state index contributed by atoms with van der Waals surface area (Å²) in [6, 6.07) is 38.6. The minimum atomic E-state index is 1.03. The van der Waals surface area contributed by atoms with Crippen LogP contribution in [0.4, 0.5) is 0 Å². The van der Waals surface area contributed by atoms with E-state index >= 15 is 0 Å². The average molecular weight is 487 g/mol. The van der Waals surface area contributed by atoms with Crippen molar-refractivity contribution in [2.75, 3.05) is 0 Å². The zero-order chi connectivity index (χ0) is 25.1. The van der Waals surface area contributed by atoms with Gasteiger partial charge in [-0.15, -0.1) is 0 Å². The molecular formula is C34H22N4. The van der Waals surface area contributed by atoms with Crippen molar-refractivity contribution in [2.24, 2.45) is 0 Å². The largest absolute Gasteiger partial charge is 0.308 e. The van der Waals surface area contributed by atoms with Crippen LogP contribution in [-0.4, -0.2) is 19.1 Å². The fraction of sp³-hybridized carbons (Fsp3) is 0. The highest BCUT2D eigenvalue weighted by Crippen LogP contribution is 2.34. The molecule has 0 saturated heterocycles. The first-order chi connectivity index (χ1) is 18.9. The van der Waals surface area contributed by atoms with Crippen LogP contribution >= 0.6 is 0 Å². The number of fused-ring (bicyclic) bond motifs is 6. The van der Waals surface area contributed by atoms with Crippen molar-refractivity contribution in [1.29, 1.82) is 0 Å². The van der Waals surface area contributed by atoms with Gasteiger partial charge >= 0.3 is 0 Å². The van der Waals surface area contributed by atoms with Gasteiger partial charge in [0.05, 0.1) is 45.8 Å². The first kappa shape index (κ1) is 20.9. The third-order valence-corrected chi connectivity index (χ3v) is 7.46. The number of rotatable bonds is 3. The molecule has 8 aromatic rings. The maximum Gasteiger partial charge on any atom is 0.0651 e. The van der Waals surface area contributed by atoms with E-state index in [0.717, 1.165) is 22.5 Å². The van der Waals surface area contributed by atoms with Gasteiger partial charge in [0.1, 0.15) is 0 Å². The van der Waals surface area contributed by atoms with Crippen LogP contribution in [0, 0.1) is 0 Å². The van der Waals surface area contributed by atoms with Crippen LogP contribution in [-0.2, 0) is 0 Å². The van der Waals surface area contributed by atoms with Gasteiger partial charge in [-0.05, 0) is 36.4 Å². The number of aromatic nitrogens is 4. The lowest BCUT2D eigenvalue weighted by atomic mass is 10.1. The molecular weight excluding hydrogens is 464 g/mol. The van der Waals surface area contributed by atoms with Gasteiger partial charge in [0.2, 0.25) is 0 Å². The van der Waals surface area contributed by atoms with E-state index in [4.69, 9.17) is 0 Å². The van der Waals surface area contributed by atoms with Crippen molar-refractivity contribution >= 4 is 43.6 Å². The van der Waals surface area contributed by atoms with E-state index in [-0.39, 0.29) is 0 Å². The summed E-state index contributed by atoms with van der Waals surface area (Å²) in [5.41, 5.74) is 8.80. The Bertz CT molecular complexity index is 1890. The second-order valence-electron chi connectivity index (χ2n) is 9.60. The molecule has 0 fully saturated rings. The van der Waals surface area contributed by atoms with Crippen LogP contribution in [0.2, 0.25) is 0 Å². The fourth-order valence-corrected chi connectivity index (χ4v) is 5.82. The SMILES string of the molecule is c1ccc2c(c1)c1ccccc1n2-c1cncc(-c2cncc(-n3c4ccccc4c4ccccc43)c2)c1. The smallest absolute Gasteiger partial charge is 0.0651 e. The molecule has 4 nitrogen and oxygen atoms in total. The summed E-state index contributed by atoms with van der Waals surface area (Å²) in [6.45, 7) is 0. The molecule has 0 aliphatic carbocycles. The number of nitrogens with zero attached hydrogens (tertiary/aromatic N) is 4. The molecule has 0 bridgehead atoms. The van der Waals surface area contributed by atoms with Gasteiger partial charge in [0, 0.05) is 45.1 Å². The molecule has 0 amide bonds. The van der Waals surface area contributed by atoms with Crippen LogP contribution in [0.25, 0.3) is 66.1 Å². The van der Waals surface area contributed by atoms with Crippen molar-refractivity contribution in [3.63, 3.8) is 0 Å². The first-order valence-electron chi connectivity index (χ1n) is 12.7.